The molecule has 0 saturated heterocycles. The number of hydrogen-bond acceptors (Lipinski definition) is 3. The van der Waals surface area contributed by atoms with Crippen molar-refractivity contribution in [2.45, 2.75) is 34.9 Å². The van der Waals surface area contributed by atoms with Crippen LogP contribution in [0.4, 0.5) is 5.69 Å². The van der Waals surface area contributed by atoms with Gasteiger partial charge in [0.15, 0.2) is 0 Å². The lowest BCUT2D eigenvalue weighted by atomic mass is 10.2. The van der Waals surface area contributed by atoms with Crippen molar-refractivity contribution in [3.05, 3.63) is 18.2 Å². The minimum absolute atomic E-state index is 0.338. The van der Waals surface area contributed by atoms with Gasteiger partial charge in [0.1, 0.15) is 5.75 Å². The van der Waals surface area contributed by atoms with E-state index in [9.17, 15) is 5.11 Å². The Hall–Kier alpha value is -0.350. The van der Waals surface area contributed by atoms with E-state index in [1.165, 1.54) is 6.42 Å². The van der Waals surface area contributed by atoms with Gasteiger partial charge in [0, 0.05) is 15.4 Å². The third-order valence-corrected chi connectivity index (χ3v) is 5.04. The van der Waals surface area contributed by atoms with Gasteiger partial charge in [0.25, 0.3) is 0 Å². The molecule has 0 bridgehead atoms. The Morgan fingerprint density at radius 2 is 2.40 bits per heavy atom. The van der Waals surface area contributed by atoms with E-state index < -0.39 is 0 Å². The van der Waals surface area contributed by atoms with Crippen LogP contribution in [-0.2, 0) is 0 Å². The Morgan fingerprint density at radius 1 is 1.60 bits per heavy atom. The van der Waals surface area contributed by atoms with E-state index in [-0.39, 0.29) is 0 Å². The van der Waals surface area contributed by atoms with Crippen LogP contribution in [0.15, 0.2) is 23.1 Å². The average Bonchev–Trinajstić information content (AvgIpc) is 2.60. The van der Waals surface area contributed by atoms with Gasteiger partial charge in [-0.25, -0.2) is 0 Å². The van der Waals surface area contributed by atoms with Crippen molar-refractivity contribution in [3.63, 3.8) is 0 Å². The molecule has 0 aliphatic carbocycles. The molecule has 1 aliphatic heterocycles. The molecule has 4 heteroatoms. The van der Waals surface area contributed by atoms with Crippen LogP contribution in [0.25, 0.3) is 0 Å². The molecule has 82 valence electrons. The zero-order chi connectivity index (χ0) is 10.8. The highest BCUT2D eigenvalue weighted by Gasteiger charge is 2.26. The van der Waals surface area contributed by atoms with Crippen LogP contribution >= 0.6 is 27.7 Å². The maximum atomic E-state index is 9.37. The van der Waals surface area contributed by atoms with Crippen molar-refractivity contribution in [2.24, 2.45) is 0 Å². The number of phenols is 1. The summed E-state index contributed by atoms with van der Waals surface area (Å²) in [5.41, 5.74) is 1.13. The highest BCUT2D eigenvalue weighted by molar-refractivity contribution is 9.09. The van der Waals surface area contributed by atoms with E-state index in [4.69, 9.17) is 0 Å². The molecule has 2 unspecified atom stereocenters. The normalized spacial score (nSPS) is 20.8. The molecule has 1 aromatic rings. The van der Waals surface area contributed by atoms with Gasteiger partial charge in [-0.05, 0) is 24.6 Å². The van der Waals surface area contributed by atoms with Crippen molar-refractivity contribution in [1.29, 1.82) is 0 Å². The maximum absolute atomic E-state index is 9.37. The summed E-state index contributed by atoms with van der Waals surface area (Å²) in [6.07, 6.45) is 2.33. The van der Waals surface area contributed by atoms with Crippen LogP contribution in [0.3, 0.4) is 0 Å². The highest BCUT2D eigenvalue weighted by Crippen LogP contribution is 2.43. The topological polar surface area (TPSA) is 32.3 Å². The number of benzene rings is 1. The minimum Gasteiger partial charge on any atom is -0.508 e. The number of phenolic OH excluding ortho intramolecular Hbond substituents is 1. The summed E-state index contributed by atoms with van der Waals surface area (Å²) >= 11 is 5.48. The lowest BCUT2D eigenvalue weighted by Crippen LogP contribution is -2.22. The molecule has 15 heavy (non-hydrogen) atoms. The fraction of sp³-hybridized carbons (Fsp3) is 0.455. The third-order valence-electron chi connectivity index (χ3n) is 2.41. The molecule has 2 atom stereocenters. The number of halogens is 1. The van der Waals surface area contributed by atoms with E-state index in [1.54, 1.807) is 17.8 Å². The zero-order valence-electron chi connectivity index (χ0n) is 8.53. The van der Waals surface area contributed by atoms with E-state index in [0.717, 1.165) is 17.0 Å². The lowest BCUT2D eigenvalue weighted by molar-refractivity contribution is 0.474. The molecule has 0 spiro atoms. The van der Waals surface area contributed by atoms with Gasteiger partial charge in [-0.2, -0.15) is 0 Å². The number of rotatable bonds is 3. The van der Waals surface area contributed by atoms with Crippen LogP contribution in [-0.4, -0.2) is 15.3 Å². The number of fused-ring (bicyclic) bond motifs is 1. The smallest absolute Gasteiger partial charge is 0.116 e. The van der Waals surface area contributed by atoms with Gasteiger partial charge in [-0.1, -0.05) is 41.0 Å². The lowest BCUT2D eigenvalue weighted by Gasteiger charge is -2.16. The average molecular weight is 288 g/mol. The largest absolute Gasteiger partial charge is 0.508 e. The summed E-state index contributed by atoms with van der Waals surface area (Å²) < 4.78 is 0. The Balaban J connectivity index is 2.08. The van der Waals surface area contributed by atoms with E-state index >= 15 is 0 Å². The molecule has 1 heterocycles. The summed E-state index contributed by atoms with van der Waals surface area (Å²) in [6.45, 7) is 2.19. The van der Waals surface area contributed by atoms with Crippen LogP contribution < -0.4 is 5.32 Å². The predicted molar refractivity (Wildman–Crippen MR) is 69.0 cm³/mol. The summed E-state index contributed by atoms with van der Waals surface area (Å²) in [7, 11) is 0. The highest BCUT2D eigenvalue weighted by atomic mass is 79.9. The van der Waals surface area contributed by atoms with Crippen LogP contribution in [0.2, 0.25) is 0 Å². The number of nitrogens with one attached hydrogen (secondary N) is 1. The Morgan fingerprint density at radius 3 is 3.13 bits per heavy atom. The molecule has 0 radical (unpaired) electrons. The van der Waals surface area contributed by atoms with Gasteiger partial charge < -0.3 is 10.4 Å². The first-order chi connectivity index (χ1) is 7.20. The number of anilines is 1. The van der Waals surface area contributed by atoms with E-state index in [2.05, 4.69) is 28.2 Å². The standard InChI is InChI=1S/C11H14BrNOS/c1-2-3-8(12)11-13-9-5-4-7(14)6-10(9)15-11/h4-6,8,11,13-14H,2-3H2,1H3. The molecule has 2 rings (SSSR count). The quantitative estimate of drug-likeness (QED) is 0.655. The summed E-state index contributed by atoms with van der Waals surface area (Å²) in [5.74, 6) is 0.338. The molecular weight excluding hydrogens is 274 g/mol. The van der Waals surface area contributed by atoms with Crippen LogP contribution in [0, 0.1) is 0 Å². The first kappa shape index (κ1) is 11.1. The van der Waals surface area contributed by atoms with Gasteiger partial charge in [0.2, 0.25) is 0 Å². The summed E-state index contributed by atoms with van der Waals surface area (Å²) in [4.78, 5) is 1.61. The minimum atomic E-state index is 0.338. The first-order valence-corrected chi connectivity index (χ1v) is 6.90. The first-order valence-electron chi connectivity index (χ1n) is 5.11. The fourth-order valence-corrected chi connectivity index (χ4v) is 3.74. The molecular formula is C11H14BrNOS. The van der Waals surface area contributed by atoms with Crippen molar-refractivity contribution >= 4 is 33.4 Å². The molecule has 0 fully saturated rings. The number of alkyl halides is 1. The Labute approximate surface area is 103 Å². The predicted octanol–water partition coefficient (Wildman–Crippen LogP) is 3.80. The second-order valence-corrected chi connectivity index (χ2v) is 6.03. The molecule has 1 aliphatic rings. The van der Waals surface area contributed by atoms with E-state index in [0.29, 0.717) is 16.0 Å². The molecule has 2 nitrogen and oxygen atoms in total. The maximum Gasteiger partial charge on any atom is 0.116 e. The zero-order valence-corrected chi connectivity index (χ0v) is 10.9. The molecule has 0 amide bonds. The molecule has 1 aromatic carbocycles. The van der Waals surface area contributed by atoms with E-state index in [1.807, 2.05) is 12.1 Å². The third kappa shape index (κ3) is 2.42. The van der Waals surface area contributed by atoms with Gasteiger partial charge >= 0.3 is 0 Å². The van der Waals surface area contributed by atoms with Crippen molar-refractivity contribution in [3.8, 4) is 5.75 Å². The molecule has 2 N–H and O–H groups in total. The van der Waals surface area contributed by atoms with Crippen molar-refractivity contribution in [1.82, 2.24) is 0 Å². The number of hydrogen-bond donors (Lipinski definition) is 2. The van der Waals surface area contributed by atoms with Crippen molar-refractivity contribution < 1.29 is 5.11 Å². The van der Waals surface area contributed by atoms with Gasteiger partial charge in [-0.15, -0.1) is 0 Å². The molecule has 0 saturated carbocycles. The number of aromatic hydroxyl groups is 1. The number of thioether (sulfide) groups is 1. The second-order valence-electron chi connectivity index (χ2n) is 3.67. The van der Waals surface area contributed by atoms with Gasteiger partial charge in [-0.3, -0.25) is 0 Å². The van der Waals surface area contributed by atoms with Gasteiger partial charge in [0.05, 0.1) is 5.37 Å². The monoisotopic (exact) mass is 287 g/mol. The SMILES string of the molecule is CCCC(Br)C1Nc2ccc(O)cc2S1. The Bertz CT molecular complexity index is 358. The molecule has 0 aromatic heterocycles. The van der Waals surface area contributed by atoms with Crippen LogP contribution in [0.1, 0.15) is 19.8 Å². The second kappa shape index (κ2) is 4.66. The summed E-state index contributed by atoms with van der Waals surface area (Å²) in [5, 5.41) is 13.2. The Kier molecular flexibility index (Phi) is 3.46. The fourth-order valence-electron chi connectivity index (χ4n) is 1.64. The summed E-state index contributed by atoms with van der Waals surface area (Å²) in [6, 6.07) is 5.47. The van der Waals surface area contributed by atoms with Crippen molar-refractivity contribution in [2.75, 3.05) is 5.32 Å². The van der Waals surface area contributed by atoms with Crippen LogP contribution in [0.5, 0.6) is 5.75 Å².